The number of aromatic amines is 1. The quantitative estimate of drug-likeness (QED) is 0.364. The molecule has 2 aromatic heterocycles. The van der Waals surface area contributed by atoms with E-state index >= 15 is 0 Å². The van der Waals surface area contributed by atoms with E-state index in [-0.39, 0.29) is 5.91 Å². The standard InChI is InChI=1S/C34H40N6O2/c1-21-13-24(6-8-28(21)34(41)39(4)18-23-9-12-42-20-23)29-16-35-33-31(29)37-30(17-36-33)26-14-22(2)32-25(15-26)5-7-27-19-38(3)10-11-40(27)32/h6,8,13-17,23,27H,5,7,9-12,18-20H2,1-4H3,(H,35,36)/t23-,27+/m0/s1. The third kappa shape index (κ3) is 4.86. The van der Waals surface area contributed by atoms with E-state index in [0.717, 1.165) is 96.9 Å². The van der Waals surface area contributed by atoms with Crippen molar-refractivity contribution in [2.75, 3.05) is 58.4 Å². The lowest BCUT2D eigenvalue weighted by molar-refractivity contribution is 0.0765. The minimum Gasteiger partial charge on any atom is -0.381 e. The highest BCUT2D eigenvalue weighted by atomic mass is 16.5. The molecule has 0 aliphatic carbocycles. The summed E-state index contributed by atoms with van der Waals surface area (Å²) in [6.07, 6.45) is 7.15. The second-order valence-corrected chi connectivity index (χ2v) is 12.5. The van der Waals surface area contributed by atoms with Crippen LogP contribution in [0.5, 0.6) is 0 Å². The number of amides is 1. The molecule has 4 aromatic rings. The molecule has 5 heterocycles. The average Bonchev–Trinajstić information content (AvgIpc) is 3.66. The summed E-state index contributed by atoms with van der Waals surface area (Å²) in [7, 11) is 4.12. The Bertz CT molecular complexity index is 1660. The Labute approximate surface area is 247 Å². The summed E-state index contributed by atoms with van der Waals surface area (Å²) in [5.41, 5.74) is 11.5. The number of carbonyl (C=O) groups is 1. The number of aromatic nitrogens is 3. The fraction of sp³-hybridized carbons (Fsp3) is 0.441. The molecule has 2 fully saturated rings. The highest BCUT2D eigenvalue weighted by molar-refractivity contribution is 5.97. The first-order chi connectivity index (χ1) is 20.4. The van der Waals surface area contributed by atoms with Gasteiger partial charge >= 0.3 is 0 Å². The van der Waals surface area contributed by atoms with E-state index in [1.165, 1.54) is 23.2 Å². The zero-order valence-corrected chi connectivity index (χ0v) is 25.1. The van der Waals surface area contributed by atoms with Gasteiger partial charge < -0.3 is 24.4 Å². The largest absolute Gasteiger partial charge is 0.381 e. The van der Waals surface area contributed by atoms with Crippen LogP contribution in [0, 0.1) is 19.8 Å². The molecule has 7 rings (SSSR count). The molecule has 0 saturated carbocycles. The van der Waals surface area contributed by atoms with Gasteiger partial charge in [0.15, 0.2) is 5.65 Å². The van der Waals surface area contributed by atoms with Crippen LogP contribution in [0.3, 0.4) is 0 Å². The Morgan fingerprint density at radius 1 is 1.12 bits per heavy atom. The lowest BCUT2D eigenvalue weighted by Gasteiger charge is -2.46. The van der Waals surface area contributed by atoms with Crippen molar-refractivity contribution in [2.45, 2.75) is 39.2 Å². The molecule has 0 spiro atoms. The third-order valence-electron chi connectivity index (χ3n) is 9.45. The van der Waals surface area contributed by atoms with E-state index in [1.54, 1.807) is 0 Å². The number of nitrogens with one attached hydrogen (secondary N) is 1. The van der Waals surface area contributed by atoms with Crippen LogP contribution >= 0.6 is 0 Å². The van der Waals surface area contributed by atoms with Gasteiger partial charge in [0.05, 0.1) is 18.5 Å². The van der Waals surface area contributed by atoms with Crippen molar-refractivity contribution in [1.82, 2.24) is 24.8 Å². The maximum Gasteiger partial charge on any atom is 0.253 e. The second-order valence-electron chi connectivity index (χ2n) is 12.5. The molecule has 3 aliphatic heterocycles. The maximum atomic E-state index is 13.2. The Morgan fingerprint density at radius 3 is 2.79 bits per heavy atom. The normalized spacial score (nSPS) is 20.5. The van der Waals surface area contributed by atoms with Gasteiger partial charge in [0.1, 0.15) is 5.52 Å². The summed E-state index contributed by atoms with van der Waals surface area (Å²) < 4.78 is 5.49. The van der Waals surface area contributed by atoms with Crippen LogP contribution in [0.1, 0.15) is 39.9 Å². The minimum absolute atomic E-state index is 0.0534. The number of likely N-dealkylation sites (N-methyl/N-ethyl adjacent to an activating group) is 1. The number of carbonyl (C=O) groups excluding carboxylic acids is 1. The summed E-state index contributed by atoms with van der Waals surface area (Å²) in [4.78, 5) is 33.3. The van der Waals surface area contributed by atoms with Gasteiger partial charge in [0, 0.05) is 80.4 Å². The fourth-order valence-corrected chi connectivity index (χ4v) is 7.20. The lowest BCUT2D eigenvalue weighted by Crippen LogP contribution is -2.54. The number of piperazine rings is 1. The zero-order valence-electron chi connectivity index (χ0n) is 25.1. The van der Waals surface area contributed by atoms with Crippen molar-refractivity contribution in [3.63, 3.8) is 0 Å². The van der Waals surface area contributed by atoms with E-state index in [4.69, 9.17) is 14.7 Å². The van der Waals surface area contributed by atoms with Gasteiger partial charge in [-0.1, -0.05) is 12.1 Å². The number of fused-ring (bicyclic) bond motifs is 4. The van der Waals surface area contributed by atoms with Crippen LogP contribution in [0.2, 0.25) is 0 Å². The monoisotopic (exact) mass is 564 g/mol. The molecule has 8 heteroatoms. The van der Waals surface area contributed by atoms with Crippen LogP contribution in [0.4, 0.5) is 5.69 Å². The van der Waals surface area contributed by atoms with Crippen molar-refractivity contribution in [1.29, 1.82) is 0 Å². The number of ether oxygens (including phenoxy) is 1. The van der Waals surface area contributed by atoms with Crippen LogP contribution in [0.15, 0.2) is 42.7 Å². The molecule has 2 atom stereocenters. The molecular formula is C34H40N6O2. The van der Waals surface area contributed by atoms with E-state index < -0.39 is 0 Å². The predicted molar refractivity (Wildman–Crippen MR) is 167 cm³/mol. The Hall–Kier alpha value is -3.75. The van der Waals surface area contributed by atoms with E-state index in [9.17, 15) is 4.79 Å². The molecule has 0 bridgehead atoms. The Morgan fingerprint density at radius 2 is 1.98 bits per heavy atom. The van der Waals surface area contributed by atoms with Gasteiger partial charge in [-0.05, 0) is 80.6 Å². The number of aryl methyl sites for hydroxylation is 3. The fourth-order valence-electron chi connectivity index (χ4n) is 7.20. The number of nitrogens with zero attached hydrogens (tertiary/aromatic N) is 5. The van der Waals surface area contributed by atoms with Gasteiger partial charge in [-0.25, -0.2) is 9.97 Å². The van der Waals surface area contributed by atoms with Crippen LogP contribution in [0.25, 0.3) is 33.5 Å². The SMILES string of the molecule is Cc1cc(-c2c[nH]c3ncc(-c4cc(C)c5c(c4)CC[C@@H]4CN(C)CCN54)nc23)ccc1C(=O)N(C)C[C@@H]1CCOC1. The van der Waals surface area contributed by atoms with E-state index in [1.807, 2.05) is 43.4 Å². The molecule has 218 valence electrons. The van der Waals surface area contributed by atoms with Gasteiger partial charge in [-0.15, -0.1) is 0 Å². The first kappa shape index (κ1) is 27.1. The smallest absolute Gasteiger partial charge is 0.253 e. The zero-order chi connectivity index (χ0) is 29.0. The molecule has 1 N–H and O–H groups in total. The molecule has 0 unspecified atom stereocenters. The van der Waals surface area contributed by atoms with Gasteiger partial charge in [0.2, 0.25) is 0 Å². The predicted octanol–water partition coefficient (Wildman–Crippen LogP) is 5.08. The van der Waals surface area contributed by atoms with Crippen molar-refractivity contribution in [2.24, 2.45) is 5.92 Å². The first-order valence-electron chi connectivity index (χ1n) is 15.2. The van der Waals surface area contributed by atoms with Crippen molar-refractivity contribution >= 4 is 22.8 Å². The van der Waals surface area contributed by atoms with E-state index in [2.05, 4.69) is 47.0 Å². The summed E-state index contributed by atoms with van der Waals surface area (Å²) in [6.45, 7) is 9.83. The highest BCUT2D eigenvalue weighted by Gasteiger charge is 2.32. The molecule has 42 heavy (non-hydrogen) atoms. The van der Waals surface area contributed by atoms with Gasteiger partial charge in [-0.3, -0.25) is 4.79 Å². The number of hydrogen-bond acceptors (Lipinski definition) is 6. The summed E-state index contributed by atoms with van der Waals surface area (Å²) in [6, 6.07) is 11.3. The Kier molecular flexibility index (Phi) is 6.98. The molecule has 8 nitrogen and oxygen atoms in total. The van der Waals surface area contributed by atoms with Crippen LogP contribution in [-0.2, 0) is 11.2 Å². The number of H-pyrrole nitrogens is 1. The highest BCUT2D eigenvalue weighted by Crippen LogP contribution is 2.38. The number of hydrogen-bond donors (Lipinski definition) is 1. The molecular weight excluding hydrogens is 524 g/mol. The third-order valence-corrected chi connectivity index (χ3v) is 9.45. The molecule has 1 amide bonds. The molecule has 0 radical (unpaired) electrons. The summed E-state index contributed by atoms with van der Waals surface area (Å²) in [5.74, 6) is 0.470. The lowest BCUT2D eigenvalue weighted by atomic mass is 9.89. The number of benzene rings is 2. The second kappa shape index (κ2) is 10.8. The topological polar surface area (TPSA) is 77.6 Å². The minimum atomic E-state index is 0.0534. The van der Waals surface area contributed by atoms with Crippen LogP contribution in [-0.4, -0.2) is 90.2 Å². The first-order valence-corrected chi connectivity index (χ1v) is 15.2. The van der Waals surface area contributed by atoms with Crippen LogP contribution < -0.4 is 4.90 Å². The Balaban J connectivity index is 1.17. The number of rotatable bonds is 5. The summed E-state index contributed by atoms with van der Waals surface area (Å²) in [5, 5.41) is 0. The molecule has 2 aromatic carbocycles. The summed E-state index contributed by atoms with van der Waals surface area (Å²) >= 11 is 0. The van der Waals surface area contributed by atoms with E-state index in [0.29, 0.717) is 12.0 Å². The maximum absolute atomic E-state index is 13.2. The van der Waals surface area contributed by atoms with Crippen molar-refractivity contribution in [3.8, 4) is 22.4 Å². The molecule has 3 aliphatic rings. The molecule has 2 saturated heterocycles. The average molecular weight is 565 g/mol. The van der Waals surface area contributed by atoms with Gasteiger partial charge in [-0.2, -0.15) is 0 Å². The van der Waals surface area contributed by atoms with Crippen molar-refractivity contribution < 1.29 is 9.53 Å². The van der Waals surface area contributed by atoms with Gasteiger partial charge in [0.25, 0.3) is 5.91 Å². The van der Waals surface area contributed by atoms with Crippen molar-refractivity contribution in [3.05, 3.63) is 65.0 Å². The number of anilines is 1.